The van der Waals surface area contributed by atoms with Crippen LogP contribution in [0.1, 0.15) is 5.56 Å². The van der Waals surface area contributed by atoms with Crippen LogP contribution in [-0.4, -0.2) is 40.4 Å². The topological polar surface area (TPSA) is 66.8 Å². The molecule has 8 heteroatoms. The molecule has 1 N–H and O–H groups in total. The number of alkyl halides is 2. The number of hydrogen-bond acceptors (Lipinski definition) is 5. The van der Waals surface area contributed by atoms with Crippen LogP contribution in [0.3, 0.4) is 0 Å². The maximum absolute atomic E-state index is 14.5. The van der Waals surface area contributed by atoms with E-state index >= 15 is 0 Å². The van der Waals surface area contributed by atoms with E-state index in [0.29, 0.717) is 5.57 Å². The van der Waals surface area contributed by atoms with Crippen molar-refractivity contribution in [3.05, 3.63) is 64.8 Å². The van der Waals surface area contributed by atoms with Gasteiger partial charge >= 0.3 is 17.2 Å². The Kier molecular flexibility index (Phi) is 4.38. The second kappa shape index (κ2) is 6.36. The van der Waals surface area contributed by atoms with Gasteiger partial charge in [-0.25, -0.2) is 9.59 Å². The smallest absolute Gasteiger partial charge is 0.354 e. The van der Waals surface area contributed by atoms with Gasteiger partial charge in [-0.1, -0.05) is 42.5 Å². The van der Waals surface area contributed by atoms with Crippen LogP contribution in [0, 0.1) is 0 Å². The molecule has 0 aromatic heterocycles. The fourth-order valence-corrected chi connectivity index (χ4v) is 3.68. The van der Waals surface area contributed by atoms with Crippen LogP contribution in [0.5, 0.6) is 0 Å². The molecule has 0 radical (unpaired) electrons. The normalized spacial score (nSPS) is 21.5. The lowest BCUT2D eigenvalue weighted by atomic mass is 10.0. The average molecular weight is 365 g/mol. The van der Waals surface area contributed by atoms with Crippen molar-refractivity contribution in [2.24, 2.45) is 0 Å². The third kappa shape index (κ3) is 3.05. The molecule has 5 nitrogen and oxygen atoms in total. The zero-order valence-electron chi connectivity index (χ0n) is 13.0. The van der Waals surface area contributed by atoms with E-state index in [1.54, 1.807) is 24.3 Å². The number of allylic oxidation sites excluding steroid dienone is 2. The van der Waals surface area contributed by atoms with Crippen molar-refractivity contribution in [3.8, 4) is 0 Å². The van der Waals surface area contributed by atoms with E-state index in [2.05, 4.69) is 4.74 Å². The van der Waals surface area contributed by atoms with E-state index < -0.39 is 33.8 Å². The number of ether oxygens (including phenoxy) is 1. The van der Waals surface area contributed by atoms with Crippen LogP contribution in [0.15, 0.2) is 59.3 Å². The summed E-state index contributed by atoms with van der Waals surface area (Å²) >= 11 is -0.0907. The Morgan fingerprint density at radius 1 is 1.28 bits per heavy atom. The number of aliphatic carboxylic acids is 1. The molecule has 1 aromatic rings. The maximum Gasteiger partial charge on any atom is 0.354 e. The van der Waals surface area contributed by atoms with Crippen molar-refractivity contribution in [1.82, 2.24) is 4.90 Å². The minimum Gasteiger partial charge on any atom is -0.477 e. The second-order valence-electron chi connectivity index (χ2n) is 5.30. The summed E-state index contributed by atoms with van der Waals surface area (Å²) in [5.41, 5.74) is 0.774. The lowest BCUT2D eigenvalue weighted by Crippen LogP contribution is -2.48. The Hall–Kier alpha value is -2.61. The summed E-state index contributed by atoms with van der Waals surface area (Å²) in [6.07, 6.45) is 4.08. The molecule has 0 aliphatic carbocycles. The predicted octanol–water partition coefficient (Wildman–Crippen LogP) is 3.08. The summed E-state index contributed by atoms with van der Waals surface area (Å²) in [5, 5.41) is 6.11. The zero-order valence-corrected chi connectivity index (χ0v) is 13.8. The molecule has 130 valence electrons. The molecule has 2 aliphatic heterocycles. The summed E-state index contributed by atoms with van der Waals surface area (Å²) in [5.74, 6) is -2.59. The lowest BCUT2D eigenvalue weighted by molar-refractivity contribution is -0.139. The van der Waals surface area contributed by atoms with Crippen molar-refractivity contribution in [2.45, 2.75) is 11.3 Å². The van der Waals surface area contributed by atoms with Gasteiger partial charge in [-0.05, 0) is 22.9 Å². The van der Waals surface area contributed by atoms with Gasteiger partial charge in [0.1, 0.15) is 16.6 Å². The summed E-state index contributed by atoms with van der Waals surface area (Å²) in [6.45, 7) is 0. The van der Waals surface area contributed by atoms with Gasteiger partial charge in [-0.2, -0.15) is 8.78 Å². The molecule has 1 unspecified atom stereocenters. The minimum atomic E-state index is -3.39. The quantitative estimate of drug-likeness (QED) is 0.831. The highest BCUT2D eigenvalue weighted by molar-refractivity contribution is 8.05. The Morgan fingerprint density at radius 2 is 1.96 bits per heavy atom. The number of carbonyl (C=O) groups excluding carboxylic acids is 1. The van der Waals surface area contributed by atoms with Gasteiger partial charge in [0.2, 0.25) is 0 Å². The van der Waals surface area contributed by atoms with Crippen molar-refractivity contribution in [1.29, 1.82) is 0 Å². The highest BCUT2D eigenvalue weighted by Gasteiger charge is 2.52. The standard InChI is InChI=1S/C17H13F2NO4S/c1-24-16(23)14-13(15(21)22)20-9-11(10-5-3-2-4-6-10)7-8-12(20)17(18,19)25-14/h2-9,12H,1H3,(H,21,22). The molecule has 2 heterocycles. The summed E-state index contributed by atoms with van der Waals surface area (Å²) in [6, 6.07) is 7.42. The van der Waals surface area contributed by atoms with Crippen LogP contribution < -0.4 is 0 Å². The molecular formula is C17H13F2NO4S. The SMILES string of the molecule is COC(=O)C1=C(C(=O)O)N2C=C(c3ccccc3)C=CC2C(F)(F)S1. The number of carboxylic acids is 1. The van der Waals surface area contributed by atoms with Crippen molar-refractivity contribution in [3.63, 3.8) is 0 Å². The maximum atomic E-state index is 14.5. The molecule has 0 spiro atoms. The lowest BCUT2D eigenvalue weighted by Gasteiger charge is -2.40. The number of fused-ring (bicyclic) bond motifs is 1. The molecule has 0 saturated carbocycles. The van der Waals surface area contributed by atoms with E-state index in [1.165, 1.54) is 18.4 Å². The first-order chi connectivity index (χ1) is 11.8. The summed E-state index contributed by atoms with van der Waals surface area (Å²) in [4.78, 5) is 23.8. The zero-order chi connectivity index (χ0) is 18.2. The fourth-order valence-electron chi connectivity index (χ4n) is 2.64. The number of methoxy groups -OCH3 is 1. The highest BCUT2D eigenvalue weighted by atomic mass is 32.2. The van der Waals surface area contributed by atoms with E-state index in [1.807, 2.05) is 6.07 Å². The first-order valence-electron chi connectivity index (χ1n) is 7.21. The number of benzene rings is 1. The molecular weight excluding hydrogens is 352 g/mol. The number of hydrogen-bond donors (Lipinski definition) is 1. The molecule has 0 fully saturated rings. The van der Waals surface area contributed by atoms with Crippen molar-refractivity contribution >= 4 is 29.3 Å². The molecule has 1 atom stereocenters. The molecule has 0 amide bonds. The van der Waals surface area contributed by atoms with E-state index in [0.717, 1.165) is 17.6 Å². The number of carbonyl (C=O) groups is 2. The largest absolute Gasteiger partial charge is 0.477 e. The molecule has 2 aliphatic rings. The average Bonchev–Trinajstić information content (AvgIpc) is 2.60. The first-order valence-corrected chi connectivity index (χ1v) is 8.03. The van der Waals surface area contributed by atoms with Gasteiger partial charge in [-0.3, -0.25) is 0 Å². The highest BCUT2D eigenvalue weighted by Crippen LogP contribution is 2.49. The number of rotatable bonds is 3. The van der Waals surface area contributed by atoms with Crippen LogP contribution >= 0.6 is 11.8 Å². The molecule has 25 heavy (non-hydrogen) atoms. The number of esters is 1. The Morgan fingerprint density at radius 3 is 2.56 bits per heavy atom. The third-order valence-corrected chi connectivity index (χ3v) is 4.85. The number of halogens is 2. The Bertz CT molecular complexity index is 817. The van der Waals surface area contributed by atoms with Crippen LogP contribution in [-0.2, 0) is 14.3 Å². The first kappa shape index (κ1) is 17.2. The van der Waals surface area contributed by atoms with E-state index in [-0.39, 0.29) is 11.8 Å². The minimum absolute atomic E-state index is 0.0907. The Balaban J connectivity index is 2.16. The number of nitrogens with zero attached hydrogens (tertiary/aromatic N) is 1. The molecule has 0 bridgehead atoms. The molecule has 3 rings (SSSR count). The number of carboxylic acid groups (broad SMARTS) is 1. The van der Waals surface area contributed by atoms with Crippen LogP contribution in [0.25, 0.3) is 5.57 Å². The van der Waals surface area contributed by atoms with Gasteiger partial charge in [0.05, 0.1) is 7.11 Å². The summed E-state index contributed by atoms with van der Waals surface area (Å²) < 4.78 is 33.4. The predicted molar refractivity (Wildman–Crippen MR) is 88.4 cm³/mol. The monoisotopic (exact) mass is 365 g/mol. The molecule has 1 aromatic carbocycles. The van der Waals surface area contributed by atoms with Gasteiger partial charge in [0, 0.05) is 6.20 Å². The van der Waals surface area contributed by atoms with Crippen molar-refractivity contribution < 1.29 is 28.2 Å². The van der Waals surface area contributed by atoms with Gasteiger partial charge in [0.25, 0.3) is 0 Å². The second-order valence-corrected chi connectivity index (χ2v) is 6.46. The van der Waals surface area contributed by atoms with Crippen LogP contribution in [0.2, 0.25) is 0 Å². The Labute approximate surface area is 146 Å². The van der Waals surface area contributed by atoms with Crippen LogP contribution in [0.4, 0.5) is 8.78 Å². The van der Waals surface area contributed by atoms with E-state index in [9.17, 15) is 23.5 Å². The summed E-state index contributed by atoms with van der Waals surface area (Å²) in [7, 11) is 1.01. The van der Waals surface area contributed by atoms with Gasteiger partial charge < -0.3 is 14.7 Å². The molecule has 0 saturated heterocycles. The number of thioether (sulfide) groups is 1. The fraction of sp³-hybridized carbons (Fsp3) is 0.176. The van der Waals surface area contributed by atoms with E-state index in [4.69, 9.17) is 0 Å². The van der Waals surface area contributed by atoms with Gasteiger partial charge in [0.15, 0.2) is 0 Å². The van der Waals surface area contributed by atoms with Gasteiger partial charge in [-0.15, -0.1) is 0 Å². The third-order valence-electron chi connectivity index (χ3n) is 3.77. The van der Waals surface area contributed by atoms with Crippen molar-refractivity contribution in [2.75, 3.05) is 7.11 Å².